The van der Waals surface area contributed by atoms with Crippen LogP contribution in [0.15, 0.2) is 36.0 Å². The fraction of sp³-hybridized carbons (Fsp3) is 0.467. The molecule has 1 aliphatic carbocycles. The topological polar surface area (TPSA) is 43.4 Å². The van der Waals surface area contributed by atoms with Crippen LogP contribution in [0.25, 0.3) is 0 Å². The van der Waals surface area contributed by atoms with Gasteiger partial charge in [0.05, 0.1) is 0 Å². The van der Waals surface area contributed by atoms with Crippen LogP contribution < -0.4 is 0 Å². The number of carbonyl (C=O) groups excluding carboxylic acids is 2. The predicted octanol–water partition coefficient (Wildman–Crippen LogP) is 2.73. The minimum absolute atomic E-state index is 0.0184. The number of Topliss-reactive ketones (excluding diaryl/α,β-unsaturated/α-hetero) is 1. The molecule has 2 unspecified atom stereocenters. The Hall–Kier alpha value is -1.64. The number of allylic oxidation sites excluding steroid dienone is 2. The fourth-order valence-corrected chi connectivity index (χ4v) is 2.42. The molecule has 0 aromatic rings. The first kappa shape index (κ1) is 12.8. The maximum Gasteiger partial charge on any atom is 0.334 e. The van der Waals surface area contributed by atoms with Gasteiger partial charge in [0.1, 0.15) is 6.10 Å². The Morgan fingerprint density at radius 1 is 1.28 bits per heavy atom. The van der Waals surface area contributed by atoms with Gasteiger partial charge in [-0.2, -0.15) is 0 Å². The molecule has 18 heavy (non-hydrogen) atoms. The second kappa shape index (κ2) is 4.92. The van der Waals surface area contributed by atoms with Crippen molar-refractivity contribution in [3.8, 4) is 0 Å². The van der Waals surface area contributed by atoms with E-state index < -0.39 is 0 Å². The van der Waals surface area contributed by atoms with Crippen LogP contribution in [0.3, 0.4) is 0 Å². The van der Waals surface area contributed by atoms with E-state index in [9.17, 15) is 9.59 Å². The van der Waals surface area contributed by atoms with Gasteiger partial charge in [-0.1, -0.05) is 24.8 Å². The molecule has 2 aliphatic rings. The number of esters is 1. The maximum absolute atomic E-state index is 11.8. The summed E-state index contributed by atoms with van der Waals surface area (Å²) in [5.41, 5.74) is 2.25. The zero-order valence-electron chi connectivity index (χ0n) is 10.7. The lowest BCUT2D eigenvalue weighted by Crippen LogP contribution is -2.20. The number of rotatable bonds is 0. The average molecular weight is 246 g/mol. The normalized spacial score (nSPS) is 29.7. The number of fused-ring (bicyclic) bond motifs is 1. The molecule has 0 bridgehead atoms. The third kappa shape index (κ3) is 2.45. The summed E-state index contributed by atoms with van der Waals surface area (Å²) >= 11 is 0. The molecule has 1 aliphatic heterocycles. The van der Waals surface area contributed by atoms with Crippen LogP contribution in [-0.4, -0.2) is 17.9 Å². The number of ketones is 1. The SMILES string of the molecule is C=C1CC2OC(=O)C(=C)C2CC=C(C)CCC1=O. The van der Waals surface area contributed by atoms with E-state index >= 15 is 0 Å². The highest BCUT2D eigenvalue weighted by Crippen LogP contribution is 2.34. The van der Waals surface area contributed by atoms with Gasteiger partial charge in [0.25, 0.3) is 0 Å². The Morgan fingerprint density at radius 3 is 2.72 bits per heavy atom. The smallest absolute Gasteiger partial charge is 0.334 e. The lowest BCUT2D eigenvalue weighted by molar-refractivity contribution is -0.139. The van der Waals surface area contributed by atoms with Crippen molar-refractivity contribution in [3.05, 3.63) is 36.0 Å². The number of ether oxygens (including phenoxy) is 1. The molecule has 3 heteroatoms. The van der Waals surface area contributed by atoms with E-state index in [1.165, 1.54) is 5.57 Å². The van der Waals surface area contributed by atoms with Crippen molar-refractivity contribution in [3.63, 3.8) is 0 Å². The average Bonchev–Trinajstić information content (AvgIpc) is 2.59. The molecule has 2 rings (SSSR count). The highest BCUT2D eigenvalue weighted by Gasteiger charge is 2.38. The van der Waals surface area contributed by atoms with Crippen LogP contribution in [0, 0.1) is 5.92 Å². The Balaban J connectivity index is 2.27. The zero-order chi connectivity index (χ0) is 13.3. The van der Waals surface area contributed by atoms with Crippen molar-refractivity contribution in [2.45, 2.75) is 38.7 Å². The highest BCUT2D eigenvalue weighted by molar-refractivity contribution is 5.95. The quantitative estimate of drug-likeness (QED) is 0.375. The van der Waals surface area contributed by atoms with Crippen LogP contribution in [0.4, 0.5) is 0 Å². The van der Waals surface area contributed by atoms with Crippen LogP contribution >= 0.6 is 0 Å². The molecule has 2 atom stereocenters. The Labute approximate surface area is 107 Å². The molecule has 0 amide bonds. The van der Waals surface area contributed by atoms with Gasteiger partial charge in [0.2, 0.25) is 0 Å². The van der Waals surface area contributed by atoms with Crippen molar-refractivity contribution in [2.24, 2.45) is 5.92 Å². The van der Waals surface area contributed by atoms with E-state index in [0.29, 0.717) is 24.0 Å². The van der Waals surface area contributed by atoms with Crippen molar-refractivity contribution in [1.82, 2.24) is 0 Å². The second-order valence-corrected chi connectivity index (χ2v) is 5.09. The first-order valence-electron chi connectivity index (χ1n) is 6.25. The monoisotopic (exact) mass is 246 g/mol. The van der Waals surface area contributed by atoms with E-state index in [1.54, 1.807) is 0 Å². The van der Waals surface area contributed by atoms with Crippen molar-refractivity contribution in [2.75, 3.05) is 0 Å². The Morgan fingerprint density at radius 2 is 2.00 bits per heavy atom. The van der Waals surface area contributed by atoms with Gasteiger partial charge in [0.15, 0.2) is 5.78 Å². The van der Waals surface area contributed by atoms with Crippen molar-refractivity contribution < 1.29 is 14.3 Å². The third-order valence-corrected chi connectivity index (χ3v) is 3.73. The highest BCUT2D eigenvalue weighted by atomic mass is 16.6. The molecule has 1 heterocycles. The summed E-state index contributed by atoms with van der Waals surface area (Å²) in [7, 11) is 0. The fourth-order valence-electron chi connectivity index (χ4n) is 2.42. The van der Waals surface area contributed by atoms with Gasteiger partial charge in [-0.15, -0.1) is 0 Å². The molecular formula is C15H18O3. The van der Waals surface area contributed by atoms with Crippen LogP contribution in [0.1, 0.15) is 32.6 Å². The summed E-state index contributed by atoms with van der Waals surface area (Å²) < 4.78 is 5.28. The summed E-state index contributed by atoms with van der Waals surface area (Å²) in [4.78, 5) is 23.4. The van der Waals surface area contributed by atoms with Crippen LogP contribution in [0.2, 0.25) is 0 Å². The standard InChI is InChI=1S/C15H18O3/c1-9-4-6-12-11(3)15(17)18-14(12)8-10(2)13(16)7-5-9/h4,12,14H,2-3,5-8H2,1H3. The van der Waals surface area contributed by atoms with Gasteiger partial charge < -0.3 is 4.74 Å². The van der Waals surface area contributed by atoms with E-state index in [1.807, 2.05) is 6.92 Å². The number of hydrogen-bond acceptors (Lipinski definition) is 3. The Bertz CT molecular complexity index is 456. The Kier molecular flexibility index (Phi) is 3.50. The molecule has 0 radical (unpaired) electrons. The van der Waals surface area contributed by atoms with Gasteiger partial charge in [-0.3, -0.25) is 4.79 Å². The largest absolute Gasteiger partial charge is 0.458 e. The summed E-state index contributed by atoms with van der Waals surface area (Å²) in [6.45, 7) is 9.62. The predicted molar refractivity (Wildman–Crippen MR) is 68.9 cm³/mol. The molecule has 3 nitrogen and oxygen atoms in total. The lowest BCUT2D eigenvalue weighted by Gasteiger charge is -2.19. The van der Waals surface area contributed by atoms with Gasteiger partial charge in [-0.25, -0.2) is 4.79 Å². The molecule has 0 aromatic carbocycles. The van der Waals surface area contributed by atoms with Gasteiger partial charge in [0, 0.05) is 24.3 Å². The van der Waals surface area contributed by atoms with E-state index in [4.69, 9.17) is 4.74 Å². The molecule has 1 fully saturated rings. The molecule has 0 saturated carbocycles. The van der Waals surface area contributed by atoms with Gasteiger partial charge in [-0.05, 0) is 25.3 Å². The summed E-state index contributed by atoms with van der Waals surface area (Å²) in [5.74, 6) is -0.289. The molecule has 0 spiro atoms. The number of hydrogen-bond donors (Lipinski definition) is 0. The third-order valence-electron chi connectivity index (χ3n) is 3.73. The molecule has 96 valence electrons. The van der Waals surface area contributed by atoms with Crippen LogP contribution in [0.5, 0.6) is 0 Å². The molecule has 1 saturated heterocycles. The molecular weight excluding hydrogens is 228 g/mol. The number of carbonyl (C=O) groups is 2. The maximum atomic E-state index is 11.8. The lowest BCUT2D eigenvalue weighted by atomic mass is 9.86. The summed E-state index contributed by atoms with van der Waals surface area (Å²) in [6, 6.07) is 0. The second-order valence-electron chi connectivity index (χ2n) is 5.09. The summed E-state index contributed by atoms with van der Waals surface area (Å²) in [5, 5.41) is 0. The van der Waals surface area contributed by atoms with Crippen molar-refractivity contribution in [1.29, 1.82) is 0 Å². The molecule has 0 aromatic heterocycles. The van der Waals surface area contributed by atoms with E-state index in [0.717, 1.165) is 12.8 Å². The van der Waals surface area contributed by atoms with Gasteiger partial charge >= 0.3 is 5.97 Å². The van der Waals surface area contributed by atoms with E-state index in [-0.39, 0.29) is 23.8 Å². The first-order valence-corrected chi connectivity index (χ1v) is 6.25. The van der Waals surface area contributed by atoms with E-state index in [2.05, 4.69) is 19.2 Å². The van der Waals surface area contributed by atoms with Crippen molar-refractivity contribution >= 4 is 11.8 Å². The first-order chi connectivity index (χ1) is 8.49. The summed E-state index contributed by atoms with van der Waals surface area (Å²) in [6.07, 6.45) is 4.25. The minimum atomic E-state index is -0.337. The minimum Gasteiger partial charge on any atom is -0.458 e. The van der Waals surface area contributed by atoms with Crippen LogP contribution in [-0.2, 0) is 14.3 Å². The zero-order valence-corrected chi connectivity index (χ0v) is 10.7. The molecule has 0 N–H and O–H groups in total.